The summed E-state index contributed by atoms with van der Waals surface area (Å²) in [5, 5.41) is 0. The van der Waals surface area contributed by atoms with Crippen LogP contribution in [-0.4, -0.2) is 24.7 Å². The van der Waals surface area contributed by atoms with Crippen LogP contribution in [-0.2, 0) is 13.6 Å². The van der Waals surface area contributed by atoms with Gasteiger partial charge >= 0.3 is 7.82 Å². The van der Waals surface area contributed by atoms with Crippen LogP contribution in [0.4, 0.5) is 0 Å². The van der Waals surface area contributed by atoms with Gasteiger partial charge in [0.25, 0.3) is 0 Å². The molecule has 0 heterocycles. The Morgan fingerprint density at radius 2 is 0.684 bits per heavy atom. The summed E-state index contributed by atoms with van der Waals surface area (Å²) >= 11 is 0. The molecule has 0 atom stereocenters. The first kappa shape index (κ1) is 40.2. The van der Waals surface area contributed by atoms with Gasteiger partial charge in [-0.2, -0.15) is 0 Å². The first-order valence-electron chi connectivity index (χ1n) is 16.9. The summed E-state index contributed by atoms with van der Waals surface area (Å²) in [6.45, 7) is 8.24. The van der Waals surface area contributed by atoms with Crippen LogP contribution in [0.3, 0.4) is 0 Å². The highest BCUT2D eigenvalue weighted by Gasteiger charge is 2.19. The predicted octanol–water partition coefficient (Wildman–Crippen LogP) is 11.3. The Hall–Kier alpha value is 0.0700. The highest BCUT2D eigenvalue weighted by atomic mass is 31.2. The van der Waals surface area contributed by atoms with Crippen molar-refractivity contribution in [3.63, 3.8) is 0 Å². The zero-order chi connectivity index (χ0) is 28.4. The second-order valence-corrected chi connectivity index (χ2v) is 12.5. The van der Waals surface area contributed by atoms with Gasteiger partial charge < -0.3 is 10.6 Å². The normalized spacial score (nSPS) is 11.5. The Kier molecular flexibility index (Phi) is 37.1. The Bertz CT molecular complexity index is 429. The lowest BCUT2D eigenvalue weighted by Gasteiger charge is -2.12. The fourth-order valence-corrected chi connectivity index (χ4v) is 5.29. The summed E-state index contributed by atoms with van der Waals surface area (Å²) < 4.78 is 22.0. The molecule has 232 valence electrons. The minimum atomic E-state index is -3.85. The van der Waals surface area contributed by atoms with Gasteiger partial charge in [0.2, 0.25) is 0 Å². The summed E-state index contributed by atoms with van der Waals surface area (Å²) in [5.41, 5.74) is 5.34. The van der Waals surface area contributed by atoms with Crippen LogP contribution in [0.2, 0.25) is 0 Å². The molecule has 0 saturated heterocycles. The minimum Gasteiger partial charge on any atom is -0.330 e. The number of phosphoric acid groups is 1. The van der Waals surface area contributed by atoms with Crippen LogP contribution in [0, 0.1) is 0 Å². The molecule has 0 saturated carbocycles. The largest absolute Gasteiger partial charge is 0.472 e. The van der Waals surface area contributed by atoms with Gasteiger partial charge in [-0.1, -0.05) is 168 Å². The highest BCUT2D eigenvalue weighted by Crippen LogP contribution is 2.43. The maximum Gasteiger partial charge on any atom is 0.472 e. The average Bonchev–Trinajstić information content (AvgIpc) is 2.90. The van der Waals surface area contributed by atoms with Crippen molar-refractivity contribution in [1.29, 1.82) is 0 Å². The quantitative estimate of drug-likeness (QED) is 0.0671. The van der Waals surface area contributed by atoms with Gasteiger partial charge in [0, 0.05) is 0 Å². The molecule has 3 N–H and O–H groups in total. The Balaban J connectivity index is 0. The van der Waals surface area contributed by atoms with Gasteiger partial charge in [-0.05, 0) is 25.8 Å². The fraction of sp³-hybridized carbons (Fsp3) is 1.00. The molecule has 0 radical (unpaired) electrons. The Labute approximate surface area is 239 Å². The molecule has 0 unspecified atom stereocenters. The van der Waals surface area contributed by atoms with Crippen molar-refractivity contribution < 1.29 is 18.5 Å². The van der Waals surface area contributed by atoms with Crippen LogP contribution >= 0.6 is 7.82 Å². The van der Waals surface area contributed by atoms with Gasteiger partial charge in [0.05, 0.1) is 13.2 Å². The van der Waals surface area contributed by atoms with Gasteiger partial charge in [0.15, 0.2) is 0 Å². The van der Waals surface area contributed by atoms with Gasteiger partial charge in [0.1, 0.15) is 0 Å². The number of unbranched alkanes of at least 4 members (excludes halogenated alkanes) is 23. The summed E-state index contributed by atoms with van der Waals surface area (Å²) in [6, 6.07) is 0. The molecule has 0 aliphatic carbocycles. The third-order valence-electron chi connectivity index (χ3n) is 7.06. The number of nitrogens with two attached hydrogens (primary N) is 1. The molecular formula is C32H70NO4P. The molecule has 5 nitrogen and oxygen atoms in total. The van der Waals surface area contributed by atoms with Gasteiger partial charge in [-0.25, -0.2) is 4.57 Å². The van der Waals surface area contributed by atoms with E-state index in [9.17, 15) is 9.46 Å². The second kappa shape index (κ2) is 35.1. The van der Waals surface area contributed by atoms with E-state index in [4.69, 9.17) is 14.8 Å². The maximum atomic E-state index is 11.8. The van der Waals surface area contributed by atoms with E-state index in [1.807, 2.05) is 0 Å². The summed E-state index contributed by atoms with van der Waals surface area (Å²) in [7, 11) is -3.85. The van der Waals surface area contributed by atoms with E-state index in [1.165, 1.54) is 141 Å². The zero-order valence-electron chi connectivity index (χ0n) is 26.2. The van der Waals surface area contributed by atoms with E-state index in [1.54, 1.807) is 0 Å². The highest BCUT2D eigenvalue weighted by molar-refractivity contribution is 7.47. The summed E-state index contributed by atoms with van der Waals surface area (Å²) in [4.78, 5) is 9.71. The Morgan fingerprint density at radius 3 is 0.947 bits per heavy atom. The molecule has 38 heavy (non-hydrogen) atoms. The SMILES string of the molecule is CCCCCCCCCCCCOP(=O)(O)OCCCCCCCCCCCC.CCCCCCCCN. The molecule has 0 aromatic heterocycles. The molecule has 6 heteroatoms. The minimum absolute atomic E-state index is 0.322. The molecule has 0 bridgehead atoms. The van der Waals surface area contributed by atoms with Crippen molar-refractivity contribution in [2.45, 2.75) is 188 Å². The first-order chi connectivity index (χ1) is 18.5. The van der Waals surface area contributed by atoms with Gasteiger partial charge in [-0.3, -0.25) is 9.05 Å². The first-order valence-corrected chi connectivity index (χ1v) is 18.4. The molecule has 0 spiro atoms. The van der Waals surface area contributed by atoms with E-state index in [-0.39, 0.29) is 0 Å². The van der Waals surface area contributed by atoms with Crippen molar-refractivity contribution in [3.8, 4) is 0 Å². The third-order valence-corrected chi connectivity index (χ3v) is 8.08. The lowest BCUT2D eigenvalue weighted by Crippen LogP contribution is -1.99. The van der Waals surface area contributed by atoms with Crippen LogP contribution in [0.15, 0.2) is 0 Å². The van der Waals surface area contributed by atoms with Crippen molar-refractivity contribution in [2.24, 2.45) is 5.73 Å². The standard InChI is InChI=1S/C24H51O4P.C8H19N/c1-3-5-7-9-11-13-15-17-19-21-23-27-29(25,26)28-24-22-20-18-16-14-12-10-8-6-4-2;1-2-3-4-5-6-7-8-9/h3-24H2,1-2H3,(H,25,26);2-9H2,1H3. The Morgan fingerprint density at radius 1 is 0.447 bits per heavy atom. The van der Waals surface area contributed by atoms with Gasteiger partial charge in [-0.15, -0.1) is 0 Å². The smallest absolute Gasteiger partial charge is 0.330 e. The van der Waals surface area contributed by atoms with Crippen molar-refractivity contribution in [3.05, 3.63) is 0 Å². The predicted molar refractivity (Wildman–Crippen MR) is 168 cm³/mol. The molecule has 0 fully saturated rings. The van der Waals surface area contributed by atoms with E-state index >= 15 is 0 Å². The molecule has 0 aliphatic rings. The van der Waals surface area contributed by atoms with Crippen LogP contribution in [0.25, 0.3) is 0 Å². The third kappa shape index (κ3) is 38.2. The van der Waals surface area contributed by atoms with E-state index in [0.717, 1.165) is 32.2 Å². The molecular weight excluding hydrogens is 493 g/mol. The molecule has 0 aliphatic heterocycles. The van der Waals surface area contributed by atoms with E-state index in [2.05, 4.69) is 20.8 Å². The monoisotopic (exact) mass is 564 g/mol. The molecule has 0 amide bonds. The molecule has 0 aromatic carbocycles. The van der Waals surface area contributed by atoms with Crippen LogP contribution < -0.4 is 5.73 Å². The molecule has 0 rings (SSSR count). The summed E-state index contributed by atoms with van der Waals surface area (Å²) in [5.74, 6) is 0. The zero-order valence-corrected chi connectivity index (χ0v) is 27.1. The molecule has 0 aromatic rings. The summed E-state index contributed by atoms with van der Waals surface area (Å²) in [6.07, 6.45) is 32.8. The van der Waals surface area contributed by atoms with E-state index in [0.29, 0.717) is 13.2 Å². The lowest BCUT2D eigenvalue weighted by molar-refractivity contribution is 0.145. The van der Waals surface area contributed by atoms with Crippen molar-refractivity contribution in [1.82, 2.24) is 0 Å². The second-order valence-electron chi connectivity index (χ2n) is 11.1. The average molecular weight is 564 g/mol. The van der Waals surface area contributed by atoms with Crippen molar-refractivity contribution >= 4 is 7.82 Å². The van der Waals surface area contributed by atoms with Crippen LogP contribution in [0.1, 0.15) is 188 Å². The van der Waals surface area contributed by atoms with Crippen LogP contribution in [0.5, 0.6) is 0 Å². The van der Waals surface area contributed by atoms with Crippen molar-refractivity contribution in [2.75, 3.05) is 19.8 Å². The lowest BCUT2D eigenvalue weighted by atomic mass is 10.1. The number of hydrogen-bond donors (Lipinski definition) is 2. The number of phosphoric ester groups is 1. The topological polar surface area (TPSA) is 81.8 Å². The fourth-order valence-electron chi connectivity index (χ4n) is 4.50. The number of rotatable bonds is 30. The number of hydrogen-bond acceptors (Lipinski definition) is 4. The maximum absolute atomic E-state index is 11.8. The van der Waals surface area contributed by atoms with E-state index < -0.39 is 7.82 Å².